The van der Waals surface area contributed by atoms with Crippen LogP contribution in [0.5, 0.6) is 0 Å². The van der Waals surface area contributed by atoms with Crippen LogP contribution in [-0.2, 0) is 54.9 Å². The highest BCUT2D eigenvalue weighted by atomic mass is 19.4. The summed E-state index contributed by atoms with van der Waals surface area (Å²) in [5.41, 5.74) is -4.99. The highest BCUT2D eigenvalue weighted by Gasteiger charge is 2.38. The van der Waals surface area contributed by atoms with Gasteiger partial charge in [-0.2, -0.15) is 26.3 Å². The lowest BCUT2D eigenvalue weighted by molar-refractivity contribution is -0.143. The SMILES string of the molecule is COC(=O)/C(=C/[C@](COCc1cc(C(F)(F)F)cc(C(F)(F)F)c1)(NC(=O)OCc1ccccc1)c1ccccc1)NC(C)=O. The number of halogens is 6. The van der Waals surface area contributed by atoms with Crippen molar-refractivity contribution < 1.29 is 54.9 Å². The molecule has 3 aromatic rings. The summed E-state index contributed by atoms with van der Waals surface area (Å²) in [5, 5.41) is 4.87. The summed E-state index contributed by atoms with van der Waals surface area (Å²) in [5.74, 6) is -1.72. The molecular weight excluding hydrogens is 610 g/mol. The number of carbonyl (C=O) groups is 3. The highest BCUT2D eigenvalue weighted by molar-refractivity contribution is 5.93. The summed E-state index contributed by atoms with van der Waals surface area (Å²) in [6.07, 6.45) is -10.1. The quantitative estimate of drug-likeness (QED) is 0.146. The number of benzene rings is 3. The lowest BCUT2D eigenvalue weighted by atomic mass is 9.89. The number of methoxy groups -OCH3 is 1. The average molecular weight is 639 g/mol. The first-order valence-electron chi connectivity index (χ1n) is 13.1. The number of nitrogens with one attached hydrogen (secondary N) is 2. The van der Waals surface area contributed by atoms with E-state index >= 15 is 0 Å². The molecule has 0 radical (unpaired) electrons. The molecule has 14 heteroatoms. The lowest BCUT2D eigenvalue weighted by Gasteiger charge is -2.33. The number of esters is 1. The third-order valence-corrected chi connectivity index (χ3v) is 6.18. The van der Waals surface area contributed by atoms with Gasteiger partial charge in [0.15, 0.2) is 0 Å². The van der Waals surface area contributed by atoms with Gasteiger partial charge in [0.2, 0.25) is 5.91 Å². The average Bonchev–Trinajstić information content (AvgIpc) is 2.99. The number of alkyl halides is 6. The van der Waals surface area contributed by atoms with Gasteiger partial charge in [-0.1, -0.05) is 60.7 Å². The molecule has 0 bridgehead atoms. The molecule has 0 heterocycles. The zero-order chi connectivity index (χ0) is 33.3. The summed E-state index contributed by atoms with van der Waals surface area (Å²) in [6.45, 7) is -0.508. The van der Waals surface area contributed by atoms with Gasteiger partial charge < -0.3 is 24.8 Å². The minimum atomic E-state index is -5.08. The van der Waals surface area contributed by atoms with Crippen LogP contribution < -0.4 is 10.6 Å². The van der Waals surface area contributed by atoms with E-state index in [-0.39, 0.29) is 18.2 Å². The monoisotopic (exact) mass is 638 g/mol. The van der Waals surface area contributed by atoms with E-state index in [2.05, 4.69) is 10.6 Å². The molecule has 2 amide bonds. The summed E-state index contributed by atoms with van der Waals surface area (Å²) in [7, 11) is 1.03. The lowest BCUT2D eigenvalue weighted by Crippen LogP contribution is -2.49. The van der Waals surface area contributed by atoms with E-state index in [0.29, 0.717) is 17.7 Å². The fourth-order valence-corrected chi connectivity index (χ4v) is 4.15. The molecule has 0 aliphatic heterocycles. The fourth-order valence-electron chi connectivity index (χ4n) is 4.15. The Kier molecular flexibility index (Phi) is 11.4. The Hall–Kier alpha value is -4.85. The van der Waals surface area contributed by atoms with Gasteiger partial charge in [-0.05, 0) is 41.0 Å². The van der Waals surface area contributed by atoms with Crippen LogP contribution in [0.4, 0.5) is 31.1 Å². The maximum atomic E-state index is 13.4. The molecule has 0 aromatic heterocycles. The first-order chi connectivity index (χ1) is 21.1. The fraction of sp³-hybridized carbons (Fsp3) is 0.258. The predicted octanol–water partition coefficient (Wildman–Crippen LogP) is 6.26. The molecule has 0 aliphatic carbocycles. The van der Waals surface area contributed by atoms with Gasteiger partial charge in [0, 0.05) is 6.92 Å². The van der Waals surface area contributed by atoms with E-state index in [0.717, 1.165) is 20.1 Å². The summed E-state index contributed by atoms with van der Waals surface area (Å²) >= 11 is 0. The summed E-state index contributed by atoms with van der Waals surface area (Å²) in [6, 6.07) is 17.3. The van der Waals surface area contributed by atoms with Crippen molar-refractivity contribution in [3.63, 3.8) is 0 Å². The van der Waals surface area contributed by atoms with Crippen molar-refractivity contribution in [1.29, 1.82) is 0 Å². The number of ether oxygens (including phenoxy) is 3. The third-order valence-electron chi connectivity index (χ3n) is 6.18. The van der Waals surface area contributed by atoms with Crippen LogP contribution in [0.1, 0.15) is 34.7 Å². The predicted molar refractivity (Wildman–Crippen MR) is 148 cm³/mol. The van der Waals surface area contributed by atoms with E-state index in [1.807, 2.05) is 0 Å². The van der Waals surface area contributed by atoms with E-state index in [1.54, 1.807) is 48.5 Å². The first-order valence-corrected chi connectivity index (χ1v) is 13.1. The van der Waals surface area contributed by atoms with Crippen molar-refractivity contribution in [2.75, 3.05) is 13.7 Å². The van der Waals surface area contributed by atoms with Crippen LogP contribution in [-0.4, -0.2) is 31.7 Å². The standard InChI is InChI=1S/C31H28F6N2O6/c1-20(40)38-26(27(41)43-2)16-29(23-11-7-4-8-12-23,39-28(42)45-18-21-9-5-3-6-10-21)19-44-17-22-13-24(30(32,33)34)15-25(14-22)31(35,36)37/h3-16H,17-19H2,1-2H3,(H,38,40)(H,39,42)/b26-16-/t29-/m1/s1. The van der Waals surface area contributed by atoms with Crippen LogP contribution in [0, 0.1) is 0 Å². The molecule has 0 unspecified atom stereocenters. The Labute approximate surface area is 254 Å². The number of hydrogen-bond donors (Lipinski definition) is 2. The molecule has 0 spiro atoms. The maximum absolute atomic E-state index is 13.4. The largest absolute Gasteiger partial charge is 0.464 e. The minimum Gasteiger partial charge on any atom is -0.464 e. The number of alkyl carbamates (subject to hydrolysis) is 1. The van der Waals surface area contributed by atoms with Crippen molar-refractivity contribution in [2.24, 2.45) is 0 Å². The van der Waals surface area contributed by atoms with Gasteiger partial charge in [-0.3, -0.25) is 4.79 Å². The Balaban J connectivity index is 2.06. The minimum absolute atomic E-state index is 0.0130. The molecule has 0 aliphatic rings. The molecule has 0 saturated carbocycles. The van der Waals surface area contributed by atoms with Crippen molar-refractivity contribution in [2.45, 2.75) is 38.0 Å². The molecule has 3 aromatic carbocycles. The van der Waals surface area contributed by atoms with Gasteiger partial charge >= 0.3 is 24.4 Å². The van der Waals surface area contributed by atoms with Crippen LogP contribution in [0.3, 0.4) is 0 Å². The summed E-state index contributed by atoms with van der Waals surface area (Å²) in [4.78, 5) is 37.6. The molecule has 45 heavy (non-hydrogen) atoms. The Morgan fingerprint density at radius 3 is 1.82 bits per heavy atom. The molecule has 0 fully saturated rings. The van der Waals surface area contributed by atoms with Crippen LogP contribution in [0.15, 0.2) is 90.6 Å². The second-order valence-electron chi connectivity index (χ2n) is 9.66. The Bertz CT molecular complexity index is 1480. The number of amides is 2. The number of carbonyl (C=O) groups excluding carboxylic acids is 3. The van der Waals surface area contributed by atoms with Gasteiger partial charge in [0.1, 0.15) is 17.8 Å². The van der Waals surface area contributed by atoms with E-state index < -0.39 is 71.5 Å². The topological polar surface area (TPSA) is 103 Å². The summed E-state index contributed by atoms with van der Waals surface area (Å²) < 4.78 is 96.2. The van der Waals surface area contributed by atoms with Crippen molar-refractivity contribution in [3.05, 3.63) is 118 Å². The van der Waals surface area contributed by atoms with Crippen LogP contribution in [0.2, 0.25) is 0 Å². The van der Waals surface area contributed by atoms with Crippen molar-refractivity contribution in [3.8, 4) is 0 Å². The molecule has 0 saturated heterocycles. The van der Waals surface area contributed by atoms with Crippen LogP contribution in [0.25, 0.3) is 0 Å². The van der Waals surface area contributed by atoms with E-state index in [1.165, 1.54) is 12.1 Å². The van der Waals surface area contributed by atoms with Crippen molar-refractivity contribution >= 4 is 18.0 Å². The van der Waals surface area contributed by atoms with E-state index in [9.17, 15) is 40.7 Å². The first kappa shape index (κ1) is 34.6. The molecule has 1 atom stereocenters. The second kappa shape index (κ2) is 14.8. The number of hydrogen-bond acceptors (Lipinski definition) is 6. The second-order valence-corrected chi connectivity index (χ2v) is 9.66. The highest BCUT2D eigenvalue weighted by Crippen LogP contribution is 2.36. The molecular formula is C31H28F6N2O6. The van der Waals surface area contributed by atoms with Gasteiger partial charge in [-0.15, -0.1) is 0 Å². The van der Waals surface area contributed by atoms with Gasteiger partial charge in [0.05, 0.1) is 31.5 Å². The Morgan fingerprint density at radius 2 is 1.31 bits per heavy atom. The zero-order valence-electron chi connectivity index (χ0n) is 23.9. The smallest absolute Gasteiger partial charge is 0.416 e. The van der Waals surface area contributed by atoms with Crippen molar-refractivity contribution in [1.82, 2.24) is 10.6 Å². The van der Waals surface area contributed by atoms with E-state index in [4.69, 9.17) is 14.2 Å². The zero-order valence-corrected chi connectivity index (χ0v) is 23.9. The molecule has 240 valence electrons. The molecule has 2 N–H and O–H groups in total. The van der Waals surface area contributed by atoms with Gasteiger partial charge in [-0.25, -0.2) is 9.59 Å². The molecule has 8 nitrogen and oxygen atoms in total. The van der Waals surface area contributed by atoms with Gasteiger partial charge in [0.25, 0.3) is 0 Å². The normalized spacial score (nSPS) is 13.4. The molecule has 3 rings (SSSR count). The van der Waals surface area contributed by atoms with Crippen LogP contribution >= 0.6 is 0 Å². The third kappa shape index (κ3) is 10.1. The Morgan fingerprint density at radius 1 is 0.756 bits per heavy atom. The maximum Gasteiger partial charge on any atom is 0.416 e. The number of rotatable bonds is 11.